The minimum Gasteiger partial charge on any atom is -0.330 e. The Labute approximate surface area is 83.1 Å². The number of nitrogens with one attached hydrogen (secondary N) is 1. The largest absolute Gasteiger partial charge is 0.330 e. The fourth-order valence-electron chi connectivity index (χ4n) is 1.81. The van der Waals surface area contributed by atoms with Crippen molar-refractivity contribution in [2.45, 2.75) is 12.5 Å². The molecule has 3 heteroatoms. The van der Waals surface area contributed by atoms with Gasteiger partial charge in [0.1, 0.15) is 0 Å². The van der Waals surface area contributed by atoms with Gasteiger partial charge in [0.05, 0.1) is 0 Å². The summed E-state index contributed by atoms with van der Waals surface area (Å²) in [5.74, 6) is 0.419. The molecule has 0 amide bonds. The van der Waals surface area contributed by atoms with Gasteiger partial charge < -0.3 is 11.1 Å². The monoisotopic (exact) mass is 196 g/mol. The van der Waals surface area contributed by atoms with Gasteiger partial charge in [-0.25, -0.2) is 0 Å². The van der Waals surface area contributed by atoms with Crippen LogP contribution in [-0.4, -0.2) is 13.1 Å². The lowest BCUT2D eigenvalue weighted by Crippen LogP contribution is -2.32. The Morgan fingerprint density at radius 1 is 1.54 bits per heavy atom. The minimum absolute atomic E-state index is 0.419. The lowest BCUT2D eigenvalue weighted by Gasteiger charge is -2.25. The van der Waals surface area contributed by atoms with Crippen molar-refractivity contribution >= 4 is 11.6 Å². The Kier molecular flexibility index (Phi) is 2.54. The van der Waals surface area contributed by atoms with E-state index in [2.05, 4.69) is 11.4 Å². The molecule has 1 heterocycles. The Bertz CT molecular complexity index is 312. The summed E-state index contributed by atoms with van der Waals surface area (Å²) in [6.45, 7) is 2.58. The summed E-state index contributed by atoms with van der Waals surface area (Å²) in [5.41, 5.74) is 8.32. The molecule has 2 rings (SSSR count). The molecule has 1 aromatic rings. The summed E-state index contributed by atoms with van der Waals surface area (Å²) >= 11 is 5.94. The number of fused-ring (bicyclic) bond motifs is 1. The first-order valence-electron chi connectivity index (χ1n) is 4.50. The molecule has 0 spiro atoms. The number of rotatable bonds is 1. The highest BCUT2D eigenvalue weighted by Crippen LogP contribution is 2.25. The number of benzene rings is 1. The van der Waals surface area contributed by atoms with E-state index in [0.29, 0.717) is 12.5 Å². The topological polar surface area (TPSA) is 38.0 Å². The highest BCUT2D eigenvalue weighted by Gasteiger charge is 2.18. The van der Waals surface area contributed by atoms with E-state index in [4.69, 9.17) is 17.3 Å². The van der Waals surface area contributed by atoms with Crippen LogP contribution in [0.25, 0.3) is 0 Å². The standard InChI is InChI=1S/C10H13ClN2/c11-9-2-1-7-5-13-6-8(4-12)10(7)3-9/h1-3,8,13H,4-6,12H2. The first-order chi connectivity index (χ1) is 6.31. The van der Waals surface area contributed by atoms with E-state index in [1.54, 1.807) is 0 Å². The van der Waals surface area contributed by atoms with Crippen LogP contribution >= 0.6 is 11.6 Å². The number of hydrogen-bond donors (Lipinski definition) is 2. The predicted octanol–water partition coefficient (Wildman–Crippen LogP) is 1.49. The third-order valence-corrected chi connectivity index (χ3v) is 2.77. The number of hydrogen-bond acceptors (Lipinski definition) is 2. The Balaban J connectivity index is 2.41. The highest BCUT2D eigenvalue weighted by atomic mass is 35.5. The smallest absolute Gasteiger partial charge is 0.0409 e. The van der Waals surface area contributed by atoms with Crippen LogP contribution in [0.3, 0.4) is 0 Å². The zero-order chi connectivity index (χ0) is 9.26. The predicted molar refractivity (Wildman–Crippen MR) is 55.0 cm³/mol. The summed E-state index contributed by atoms with van der Waals surface area (Å²) < 4.78 is 0. The fraction of sp³-hybridized carbons (Fsp3) is 0.400. The SMILES string of the molecule is NCC1CNCc2ccc(Cl)cc21. The van der Waals surface area contributed by atoms with Gasteiger partial charge in [-0.3, -0.25) is 0 Å². The van der Waals surface area contributed by atoms with Crippen LogP contribution < -0.4 is 11.1 Å². The van der Waals surface area contributed by atoms with Crippen molar-refractivity contribution in [3.63, 3.8) is 0 Å². The van der Waals surface area contributed by atoms with E-state index in [1.165, 1.54) is 11.1 Å². The van der Waals surface area contributed by atoms with Gasteiger partial charge in [0.2, 0.25) is 0 Å². The molecule has 3 N–H and O–H groups in total. The van der Waals surface area contributed by atoms with Gasteiger partial charge in [-0.05, 0) is 23.3 Å². The molecule has 0 fully saturated rings. The molecule has 0 radical (unpaired) electrons. The van der Waals surface area contributed by atoms with Gasteiger partial charge in [-0.2, -0.15) is 0 Å². The average molecular weight is 197 g/mol. The van der Waals surface area contributed by atoms with Crippen molar-refractivity contribution in [3.8, 4) is 0 Å². The van der Waals surface area contributed by atoms with Crippen LogP contribution in [0.1, 0.15) is 17.0 Å². The van der Waals surface area contributed by atoms with Crippen LogP contribution in [0.5, 0.6) is 0 Å². The molecule has 1 unspecified atom stereocenters. The van der Waals surface area contributed by atoms with Crippen molar-refractivity contribution in [2.75, 3.05) is 13.1 Å². The van der Waals surface area contributed by atoms with Crippen molar-refractivity contribution < 1.29 is 0 Å². The van der Waals surface area contributed by atoms with Crippen LogP contribution in [0.4, 0.5) is 0 Å². The van der Waals surface area contributed by atoms with E-state index >= 15 is 0 Å². The van der Waals surface area contributed by atoms with Gasteiger partial charge in [0, 0.05) is 30.6 Å². The second-order valence-electron chi connectivity index (χ2n) is 3.41. The van der Waals surface area contributed by atoms with E-state index in [9.17, 15) is 0 Å². The minimum atomic E-state index is 0.419. The molecule has 70 valence electrons. The lowest BCUT2D eigenvalue weighted by atomic mass is 9.91. The van der Waals surface area contributed by atoms with Crippen LogP contribution in [0.2, 0.25) is 5.02 Å². The molecule has 2 nitrogen and oxygen atoms in total. The number of halogens is 1. The van der Waals surface area contributed by atoms with Crippen molar-refractivity contribution in [2.24, 2.45) is 5.73 Å². The summed E-state index contributed by atoms with van der Waals surface area (Å²) in [7, 11) is 0. The maximum absolute atomic E-state index is 5.94. The molecule has 0 bridgehead atoms. The van der Waals surface area contributed by atoms with E-state index in [-0.39, 0.29) is 0 Å². The molecule has 13 heavy (non-hydrogen) atoms. The Hall–Kier alpha value is -0.570. The third-order valence-electron chi connectivity index (χ3n) is 2.54. The van der Waals surface area contributed by atoms with Crippen molar-refractivity contribution in [1.82, 2.24) is 5.32 Å². The molecule has 0 saturated heterocycles. The fourth-order valence-corrected chi connectivity index (χ4v) is 1.99. The first-order valence-corrected chi connectivity index (χ1v) is 4.88. The maximum Gasteiger partial charge on any atom is 0.0409 e. The Morgan fingerprint density at radius 2 is 2.38 bits per heavy atom. The zero-order valence-electron chi connectivity index (χ0n) is 7.39. The van der Waals surface area contributed by atoms with Crippen molar-refractivity contribution in [3.05, 3.63) is 34.3 Å². The van der Waals surface area contributed by atoms with Gasteiger partial charge >= 0.3 is 0 Å². The molecule has 1 aromatic carbocycles. The molecular formula is C10H13ClN2. The van der Waals surface area contributed by atoms with Crippen LogP contribution in [0, 0.1) is 0 Å². The van der Waals surface area contributed by atoms with Crippen molar-refractivity contribution in [1.29, 1.82) is 0 Å². The highest BCUT2D eigenvalue weighted by molar-refractivity contribution is 6.30. The molecule has 0 aliphatic carbocycles. The van der Waals surface area contributed by atoms with Gasteiger partial charge in [-0.15, -0.1) is 0 Å². The second-order valence-corrected chi connectivity index (χ2v) is 3.84. The molecular weight excluding hydrogens is 184 g/mol. The quantitative estimate of drug-likeness (QED) is 0.714. The lowest BCUT2D eigenvalue weighted by molar-refractivity contribution is 0.547. The summed E-state index contributed by atoms with van der Waals surface area (Å²) in [4.78, 5) is 0. The van der Waals surface area contributed by atoms with Gasteiger partial charge in [-0.1, -0.05) is 17.7 Å². The normalized spacial score (nSPS) is 21.2. The van der Waals surface area contributed by atoms with Gasteiger partial charge in [0.25, 0.3) is 0 Å². The van der Waals surface area contributed by atoms with E-state index in [1.807, 2.05) is 12.1 Å². The van der Waals surface area contributed by atoms with Crippen LogP contribution in [-0.2, 0) is 6.54 Å². The number of nitrogens with two attached hydrogens (primary N) is 1. The molecule has 0 saturated carbocycles. The summed E-state index contributed by atoms with van der Waals surface area (Å²) in [5, 5.41) is 4.14. The summed E-state index contributed by atoms with van der Waals surface area (Å²) in [6.07, 6.45) is 0. The maximum atomic E-state index is 5.94. The van der Waals surface area contributed by atoms with E-state index in [0.717, 1.165) is 18.1 Å². The molecule has 1 aliphatic heterocycles. The molecule has 1 atom stereocenters. The van der Waals surface area contributed by atoms with Crippen LogP contribution in [0.15, 0.2) is 18.2 Å². The van der Waals surface area contributed by atoms with Gasteiger partial charge in [0.15, 0.2) is 0 Å². The summed E-state index contributed by atoms with van der Waals surface area (Å²) in [6, 6.07) is 6.04. The first kappa shape index (κ1) is 9.00. The molecule has 1 aliphatic rings. The zero-order valence-corrected chi connectivity index (χ0v) is 8.14. The third kappa shape index (κ3) is 1.70. The van der Waals surface area contributed by atoms with E-state index < -0.39 is 0 Å². The Morgan fingerprint density at radius 3 is 3.15 bits per heavy atom. The molecule has 0 aromatic heterocycles. The average Bonchev–Trinajstić information content (AvgIpc) is 2.17. The second kappa shape index (κ2) is 3.66.